The summed E-state index contributed by atoms with van der Waals surface area (Å²) in [4.78, 5) is 31.8. The number of hydrogen-bond donors (Lipinski definition) is 1. The number of hydrogen-bond acceptors (Lipinski definition) is 4. The van der Waals surface area contributed by atoms with Gasteiger partial charge < -0.3 is 19.4 Å². The molecule has 1 fully saturated rings. The fourth-order valence-corrected chi connectivity index (χ4v) is 6.53. The van der Waals surface area contributed by atoms with Crippen LogP contribution in [-0.4, -0.2) is 68.5 Å². The van der Waals surface area contributed by atoms with Crippen LogP contribution in [-0.2, 0) is 6.54 Å². The van der Waals surface area contributed by atoms with Crippen molar-refractivity contribution in [3.8, 4) is 33.9 Å². The first-order chi connectivity index (χ1) is 21.9. The van der Waals surface area contributed by atoms with Gasteiger partial charge in [-0.25, -0.2) is 4.98 Å². The lowest BCUT2D eigenvalue weighted by molar-refractivity contribution is 0.0779. The van der Waals surface area contributed by atoms with Gasteiger partial charge in [0.1, 0.15) is 11.5 Å². The van der Waals surface area contributed by atoms with Gasteiger partial charge in [0.05, 0.1) is 11.4 Å². The van der Waals surface area contributed by atoms with Gasteiger partial charge in [0.15, 0.2) is 0 Å². The van der Waals surface area contributed by atoms with Crippen molar-refractivity contribution in [1.82, 2.24) is 29.3 Å². The van der Waals surface area contributed by atoms with Gasteiger partial charge in [0.2, 0.25) is 0 Å². The Morgan fingerprint density at radius 3 is 2.42 bits per heavy atom. The van der Waals surface area contributed by atoms with E-state index in [0.717, 1.165) is 56.8 Å². The van der Waals surface area contributed by atoms with Crippen molar-refractivity contribution in [2.24, 2.45) is 0 Å². The summed E-state index contributed by atoms with van der Waals surface area (Å²) in [5.41, 5.74) is 6.62. The van der Waals surface area contributed by atoms with Crippen LogP contribution in [0, 0.1) is 0 Å². The van der Waals surface area contributed by atoms with Gasteiger partial charge >= 0.3 is 0 Å². The van der Waals surface area contributed by atoms with Crippen LogP contribution < -0.4 is 0 Å². The summed E-state index contributed by atoms with van der Waals surface area (Å²) in [7, 11) is 4.13. The van der Waals surface area contributed by atoms with Gasteiger partial charge in [-0.3, -0.25) is 9.78 Å². The quantitative estimate of drug-likeness (QED) is 0.194. The van der Waals surface area contributed by atoms with E-state index in [1.165, 1.54) is 0 Å². The number of likely N-dealkylation sites (N-methyl/N-ethyl adjacent to an activating group) is 1. The molecule has 1 aliphatic rings. The van der Waals surface area contributed by atoms with E-state index in [0.29, 0.717) is 41.4 Å². The molecule has 3 aromatic carbocycles. The monoisotopic (exact) mass is 634 g/mol. The number of aromatic amines is 1. The zero-order chi connectivity index (χ0) is 31.1. The molecule has 0 bridgehead atoms. The molecule has 9 heteroatoms. The van der Waals surface area contributed by atoms with Crippen molar-refractivity contribution < 1.29 is 4.79 Å². The van der Waals surface area contributed by atoms with Crippen molar-refractivity contribution in [1.29, 1.82) is 0 Å². The Bertz CT molecular complexity index is 1980. The minimum absolute atomic E-state index is 0.0390. The highest BCUT2D eigenvalue weighted by Crippen LogP contribution is 2.43. The number of rotatable bonds is 7. The molecule has 0 spiro atoms. The maximum Gasteiger partial charge on any atom is 0.271 e. The van der Waals surface area contributed by atoms with Crippen LogP contribution in [0.4, 0.5) is 0 Å². The zero-order valence-corrected chi connectivity index (χ0v) is 26.6. The number of likely N-dealkylation sites (tertiary alicyclic amines) is 1. The SMILES string of the molecule is CN(C)C1CCN(C(=O)c2[nH]c3cc(Cl)ccc3c2-c2c(-c3ccccc3)nc(-c3cccnc3)n2Cc2ccc(Cl)cc2)C1. The van der Waals surface area contributed by atoms with Crippen LogP contribution in [0.15, 0.2) is 97.3 Å². The minimum atomic E-state index is -0.0390. The van der Waals surface area contributed by atoms with Crippen LogP contribution in [0.3, 0.4) is 0 Å². The first-order valence-corrected chi connectivity index (χ1v) is 15.7. The van der Waals surface area contributed by atoms with Gasteiger partial charge in [-0.1, -0.05) is 71.7 Å². The van der Waals surface area contributed by atoms with E-state index >= 15 is 0 Å². The fourth-order valence-electron chi connectivity index (χ4n) is 6.23. The molecule has 1 atom stereocenters. The number of halogens is 2. The molecule has 1 aliphatic heterocycles. The molecule has 0 aliphatic carbocycles. The van der Waals surface area contributed by atoms with Gasteiger partial charge in [-0.2, -0.15) is 0 Å². The smallest absolute Gasteiger partial charge is 0.271 e. The number of aromatic nitrogens is 4. The summed E-state index contributed by atoms with van der Waals surface area (Å²) in [5, 5.41) is 2.17. The first kappa shape index (κ1) is 29.3. The Hall–Kier alpha value is -4.43. The summed E-state index contributed by atoms with van der Waals surface area (Å²) in [6.45, 7) is 1.85. The number of H-pyrrole nitrogens is 1. The summed E-state index contributed by atoms with van der Waals surface area (Å²) in [5.74, 6) is 0.713. The van der Waals surface area contributed by atoms with Gasteiger partial charge in [0.25, 0.3) is 5.91 Å². The average Bonchev–Trinajstić information content (AvgIpc) is 3.78. The maximum absolute atomic E-state index is 14.5. The highest BCUT2D eigenvalue weighted by atomic mass is 35.5. The topological polar surface area (TPSA) is 70.1 Å². The van der Waals surface area contributed by atoms with Gasteiger partial charge in [0, 0.05) is 75.7 Å². The van der Waals surface area contributed by atoms with Crippen molar-refractivity contribution in [2.75, 3.05) is 27.2 Å². The number of benzene rings is 3. The Morgan fingerprint density at radius 1 is 0.956 bits per heavy atom. The Labute approximate surface area is 272 Å². The molecule has 7 nitrogen and oxygen atoms in total. The largest absolute Gasteiger partial charge is 0.350 e. The van der Waals surface area contributed by atoms with Crippen LogP contribution in [0.25, 0.3) is 44.8 Å². The molecule has 6 aromatic rings. The number of carbonyl (C=O) groups is 1. The zero-order valence-electron chi connectivity index (χ0n) is 25.0. The van der Waals surface area contributed by atoms with Crippen molar-refractivity contribution in [2.45, 2.75) is 19.0 Å². The number of carbonyl (C=O) groups excluding carboxylic acids is 1. The minimum Gasteiger partial charge on any atom is -0.350 e. The van der Waals surface area contributed by atoms with Gasteiger partial charge in [-0.05, 0) is 62.5 Å². The van der Waals surface area contributed by atoms with E-state index in [1.807, 2.05) is 83.9 Å². The molecule has 1 unspecified atom stereocenters. The molecular weight excluding hydrogens is 603 g/mol. The molecule has 45 heavy (non-hydrogen) atoms. The molecule has 4 heterocycles. The predicted molar refractivity (Wildman–Crippen MR) is 182 cm³/mol. The van der Waals surface area contributed by atoms with Crippen LogP contribution in [0.5, 0.6) is 0 Å². The molecule has 0 saturated carbocycles. The predicted octanol–water partition coefficient (Wildman–Crippen LogP) is 7.89. The summed E-state index contributed by atoms with van der Waals surface area (Å²) in [6.07, 6.45) is 4.51. The normalized spacial score (nSPS) is 15.0. The van der Waals surface area contributed by atoms with Crippen LogP contribution in [0.1, 0.15) is 22.5 Å². The van der Waals surface area contributed by atoms with Gasteiger partial charge in [-0.15, -0.1) is 0 Å². The highest BCUT2D eigenvalue weighted by Gasteiger charge is 2.33. The van der Waals surface area contributed by atoms with Crippen LogP contribution >= 0.6 is 23.2 Å². The second-order valence-electron chi connectivity index (χ2n) is 11.7. The third-order valence-corrected chi connectivity index (χ3v) is 9.07. The fraction of sp³-hybridized carbons (Fsp3) is 0.194. The van der Waals surface area contributed by atoms with Crippen molar-refractivity contribution in [3.05, 3.63) is 119 Å². The van der Waals surface area contributed by atoms with E-state index in [4.69, 9.17) is 28.2 Å². The van der Waals surface area contributed by atoms with E-state index in [2.05, 4.69) is 45.7 Å². The van der Waals surface area contributed by atoms with E-state index in [-0.39, 0.29) is 5.91 Å². The number of fused-ring (bicyclic) bond motifs is 1. The second kappa shape index (κ2) is 12.2. The Morgan fingerprint density at radius 2 is 1.71 bits per heavy atom. The van der Waals surface area contributed by atoms with E-state index in [9.17, 15) is 4.79 Å². The van der Waals surface area contributed by atoms with E-state index in [1.54, 1.807) is 6.20 Å². The number of nitrogens with zero attached hydrogens (tertiary/aromatic N) is 5. The standard InChI is InChI=1S/C36H32Cl2N6O/c1-42(2)28-16-18-43(22-28)36(45)33-31(29-15-14-27(38)19-30(29)40-33)34-32(24-7-4-3-5-8-24)41-35(25-9-6-17-39-20-25)44(34)21-23-10-12-26(37)13-11-23/h3-15,17,19-20,28,40H,16,18,21-22H2,1-2H3. The average molecular weight is 636 g/mol. The first-order valence-electron chi connectivity index (χ1n) is 15.0. The molecule has 0 radical (unpaired) electrons. The number of imidazole rings is 1. The molecule has 1 N–H and O–H groups in total. The third-order valence-electron chi connectivity index (χ3n) is 8.58. The summed E-state index contributed by atoms with van der Waals surface area (Å²) in [6, 6.07) is 27.9. The van der Waals surface area contributed by atoms with Crippen LogP contribution in [0.2, 0.25) is 10.0 Å². The third kappa shape index (κ3) is 5.63. The summed E-state index contributed by atoms with van der Waals surface area (Å²) >= 11 is 12.8. The number of amides is 1. The Kier molecular flexibility index (Phi) is 7.92. The number of pyridine rings is 1. The molecule has 226 valence electrons. The molecule has 1 amide bonds. The Balaban J connectivity index is 1.52. The summed E-state index contributed by atoms with van der Waals surface area (Å²) < 4.78 is 2.20. The molecule has 3 aromatic heterocycles. The van der Waals surface area contributed by atoms with Crippen molar-refractivity contribution in [3.63, 3.8) is 0 Å². The molecular formula is C36H32Cl2N6O. The maximum atomic E-state index is 14.5. The lowest BCUT2D eigenvalue weighted by Gasteiger charge is -2.21. The molecule has 1 saturated heterocycles. The lowest BCUT2D eigenvalue weighted by atomic mass is 10.0. The van der Waals surface area contributed by atoms with E-state index < -0.39 is 0 Å². The second-order valence-corrected chi connectivity index (χ2v) is 12.5. The number of nitrogens with one attached hydrogen (secondary N) is 1. The lowest BCUT2D eigenvalue weighted by Crippen LogP contribution is -2.34. The van der Waals surface area contributed by atoms with Crippen molar-refractivity contribution >= 4 is 40.0 Å². The highest BCUT2D eigenvalue weighted by molar-refractivity contribution is 6.31. The molecule has 7 rings (SSSR count).